The first-order valence-electron chi connectivity index (χ1n) is 13.2. The minimum atomic E-state index is -0.428. The first kappa shape index (κ1) is 27.9. The fourth-order valence-electron chi connectivity index (χ4n) is 3.70. The van der Waals surface area contributed by atoms with E-state index in [1.54, 1.807) is 43.3 Å². The zero-order valence-corrected chi connectivity index (χ0v) is 22.2. The number of carbonyl (C=O) groups excluding carboxylic acids is 2. The Morgan fingerprint density at radius 3 is 1.90 bits per heavy atom. The van der Waals surface area contributed by atoms with Crippen LogP contribution >= 0.6 is 0 Å². The molecule has 1 aliphatic rings. The van der Waals surface area contributed by atoms with E-state index in [9.17, 15) is 9.59 Å². The molecule has 0 spiro atoms. The number of rotatable bonds is 15. The van der Waals surface area contributed by atoms with Gasteiger partial charge in [0.05, 0.1) is 25.4 Å². The molecule has 0 bridgehead atoms. The minimum Gasteiger partial charge on any atom is -0.494 e. The molecule has 4 rings (SSSR count). The van der Waals surface area contributed by atoms with E-state index in [1.165, 1.54) is 0 Å². The minimum absolute atomic E-state index is 0.228. The van der Waals surface area contributed by atoms with Crippen LogP contribution < -0.4 is 14.2 Å². The molecule has 0 saturated carbocycles. The van der Waals surface area contributed by atoms with Crippen molar-refractivity contribution in [2.24, 2.45) is 0 Å². The number of unbranched alkanes of at least 4 members (excludes halogenated alkanes) is 3. The van der Waals surface area contributed by atoms with Crippen LogP contribution in [-0.2, 0) is 14.3 Å². The SMILES string of the molecule is C=C(C)C(=O)OCCCCCCOc1ccc(C(=O)Oc2ccc(-c3ccc(OCC4CO4)cc3)cc2)cc1. The summed E-state index contributed by atoms with van der Waals surface area (Å²) < 4.78 is 27.2. The molecule has 0 aromatic heterocycles. The van der Waals surface area contributed by atoms with Crippen LogP contribution in [0.3, 0.4) is 0 Å². The van der Waals surface area contributed by atoms with Gasteiger partial charge in [-0.2, -0.15) is 0 Å². The zero-order chi connectivity index (χ0) is 27.5. The summed E-state index contributed by atoms with van der Waals surface area (Å²) in [7, 11) is 0. The molecule has 7 heteroatoms. The van der Waals surface area contributed by atoms with Crippen molar-refractivity contribution in [2.75, 3.05) is 26.4 Å². The van der Waals surface area contributed by atoms with Gasteiger partial charge in [0.2, 0.25) is 0 Å². The molecule has 1 heterocycles. The van der Waals surface area contributed by atoms with Crippen molar-refractivity contribution in [3.05, 3.63) is 90.5 Å². The first-order valence-corrected chi connectivity index (χ1v) is 13.2. The van der Waals surface area contributed by atoms with E-state index in [0.29, 0.717) is 42.5 Å². The smallest absolute Gasteiger partial charge is 0.343 e. The second-order valence-corrected chi connectivity index (χ2v) is 9.41. The normalized spacial score (nSPS) is 13.8. The van der Waals surface area contributed by atoms with Gasteiger partial charge < -0.3 is 23.7 Å². The lowest BCUT2D eigenvalue weighted by atomic mass is 10.1. The molecule has 1 atom stereocenters. The highest BCUT2D eigenvalue weighted by atomic mass is 16.6. The molecule has 0 aliphatic carbocycles. The van der Waals surface area contributed by atoms with Crippen molar-refractivity contribution in [1.82, 2.24) is 0 Å². The topological polar surface area (TPSA) is 83.6 Å². The quantitative estimate of drug-likeness (QED) is 0.0738. The summed E-state index contributed by atoms with van der Waals surface area (Å²) in [5.74, 6) is 1.22. The van der Waals surface area contributed by atoms with Gasteiger partial charge in [0, 0.05) is 5.57 Å². The Morgan fingerprint density at radius 1 is 0.769 bits per heavy atom. The van der Waals surface area contributed by atoms with Gasteiger partial charge in [-0.3, -0.25) is 0 Å². The van der Waals surface area contributed by atoms with Crippen molar-refractivity contribution >= 4 is 11.9 Å². The predicted octanol–water partition coefficient (Wildman–Crippen LogP) is 6.41. The molecule has 0 amide bonds. The molecule has 39 heavy (non-hydrogen) atoms. The Bertz CT molecular complexity index is 1230. The lowest BCUT2D eigenvalue weighted by Crippen LogP contribution is -2.08. The third-order valence-electron chi connectivity index (χ3n) is 6.07. The van der Waals surface area contributed by atoms with Gasteiger partial charge in [-0.25, -0.2) is 9.59 Å². The molecule has 1 saturated heterocycles. The first-order chi connectivity index (χ1) is 19.0. The van der Waals surface area contributed by atoms with Crippen LogP contribution in [-0.4, -0.2) is 44.5 Å². The highest BCUT2D eigenvalue weighted by Crippen LogP contribution is 2.26. The lowest BCUT2D eigenvalue weighted by Gasteiger charge is -2.09. The van der Waals surface area contributed by atoms with Gasteiger partial charge in [-0.05, 0) is 92.3 Å². The van der Waals surface area contributed by atoms with Gasteiger partial charge in [0.15, 0.2) is 0 Å². The van der Waals surface area contributed by atoms with Crippen LogP contribution in [0.2, 0.25) is 0 Å². The summed E-state index contributed by atoms with van der Waals surface area (Å²) in [6.45, 7) is 7.53. The third-order valence-corrected chi connectivity index (χ3v) is 6.07. The van der Waals surface area contributed by atoms with Crippen molar-refractivity contribution < 1.29 is 33.3 Å². The molecule has 204 valence electrons. The van der Waals surface area contributed by atoms with E-state index in [0.717, 1.165) is 49.2 Å². The Hall–Kier alpha value is -4.10. The van der Waals surface area contributed by atoms with Gasteiger partial charge in [-0.1, -0.05) is 30.8 Å². The summed E-state index contributed by atoms with van der Waals surface area (Å²) in [4.78, 5) is 23.9. The second-order valence-electron chi connectivity index (χ2n) is 9.41. The summed E-state index contributed by atoms with van der Waals surface area (Å²) in [6, 6.07) is 22.2. The Labute approximate surface area is 229 Å². The van der Waals surface area contributed by atoms with Gasteiger partial charge >= 0.3 is 11.9 Å². The molecule has 1 unspecified atom stereocenters. The number of benzene rings is 3. The average molecular weight is 531 g/mol. The molecule has 1 fully saturated rings. The Morgan fingerprint density at radius 2 is 1.31 bits per heavy atom. The van der Waals surface area contributed by atoms with Crippen molar-refractivity contribution in [1.29, 1.82) is 0 Å². The summed E-state index contributed by atoms with van der Waals surface area (Å²) >= 11 is 0. The standard InChI is InChI=1S/C32H34O7/c1-23(2)31(33)36-20-6-4-3-5-19-35-27-15-11-26(12-16-27)32(34)39-29-17-9-25(10-18-29)24-7-13-28(14-8-24)37-21-30-22-38-30/h7-18,30H,1,3-6,19-22H2,2H3. The second kappa shape index (κ2) is 14.2. The molecule has 3 aromatic carbocycles. The van der Waals surface area contributed by atoms with E-state index in [4.69, 9.17) is 23.7 Å². The fourth-order valence-corrected chi connectivity index (χ4v) is 3.70. The van der Waals surface area contributed by atoms with Gasteiger partial charge in [-0.15, -0.1) is 0 Å². The van der Waals surface area contributed by atoms with Crippen LogP contribution in [0.5, 0.6) is 17.2 Å². The van der Waals surface area contributed by atoms with Crippen LogP contribution in [0.25, 0.3) is 11.1 Å². The number of carbonyl (C=O) groups is 2. The van der Waals surface area contributed by atoms with Crippen LogP contribution in [0.15, 0.2) is 84.9 Å². The van der Waals surface area contributed by atoms with E-state index in [2.05, 4.69) is 6.58 Å². The van der Waals surface area contributed by atoms with Crippen LogP contribution in [0.1, 0.15) is 43.0 Å². The number of hydrogen-bond donors (Lipinski definition) is 0. The Balaban J connectivity index is 1.15. The molecule has 1 aliphatic heterocycles. The van der Waals surface area contributed by atoms with E-state index < -0.39 is 5.97 Å². The van der Waals surface area contributed by atoms with Gasteiger partial charge in [0.1, 0.15) is 30.0 Å². The molecule has 7 nitrogen and oxygen atoms in total. The highest BCUT2D eigenvalue weighted by molar-refractivity contribution is 5.91. The molecule has 0 N–H and O–H groups in total. The number of ether oxygens (including phenoxy) is 5. The van der Waals surface area contributed by atoms with E-state index >= 15 is 0 Å². The average Bonchev–Trinajstić information content (AvgIpc) is 3.79. The largest absolute Gasteiger partial charge is 0.494 e. The summed E-state index contributed by atoms with van der Waals surface area (Å²) in [5.41, 5.74) is 2.92. The summed E-state index contributed by atoms with van der Waals surface area (Å²) in [6.07, 6.45) is 3.87. The maximum atomic E-state index is 12.6. The van der Waals surface area contributed by atoms with Crippen molar-refractivity contribution in [3.8, 4) is 28.4 Å². The Kier molecular flexibility index (Phi) is 10.1. The monoisotopic (exact) mass is 530 g/mol. The van der Waals surface area contributed by atoms with Crippen molar-refractivity contribution in [3.63, 3.8) is 0 Å². The van der Waals surface area contributed by atoms with E-state index in [-0.39, 0.29) is 12.1 Å². The highest BCUT2D eigenvalue weighted by Gasteiger charge is 2.23. The maximum absolute atomic E-state index is 12.6. The zero-order valence-electron chi connectivity index (χ0n) is 22.2. The predicted molar refractivity (Wildman–Crippen MR) is 148 cm³/mol. The lowest BCUT2D eigenvalue weighted by molar-refractivity contribution is -0.139. The van der Waals surface area contributed by atoms with Crippen LogP contribution in [0, 0.1) is 0 Å². The molecule has 0 radical (unpaired) electrons. The number of hydrogen-bond acceptors (Lipinski definition) is 7. The van der Waals surface area contributed by atoms with Crippen molar-refractivity contribution in [2.45, 2.75) is 38.7 Å². The van der Waals surface area contributed by atoms with Gasteiger partial charge in [0.25, 0.3) is 0 Å². The number of epoxide rings is 1. The summed E-state index contributed by atoms with van der Waals surface area (Å²) in [5, 5.41) is 0. The number of esters is 2. The molecule has 3 aromatic rings. The van der Waals surface area contributed by atoms with E-state index in [1.807, 2.05) is 36.4 Å². The van der Waals surface area contributed by atoms with Crippen LogP contribution in [0.4, 0.5) is 0 Å². The third kappa shape index (κ3) is 9.30. The molecular formula is C32H34O7. The maximum Gasteiger partial charge on any atom is 0.343 e. The molecular weight excluding hydrogens is 496 g/mol. The fraction of sp³-hybridized carbons (Fsp3) is 0.312.